The number of rotatable bonds is 5. The molecule has 1 aliphatic rings. The van der Waals surface area contributed by atoms with Gasteiger partial charge in [0, 0.05) is 6.07 Å². The highest BCUT2D eigenvalue weighted by molar-refractivity contribution is 5.96. The molecule has 0 bridgehead atoms. The van der Waals surface area contributed by atoms with Crippen molar-refractivity contribution in [3.63, 3.8) is 0 Å². The van der Waals surface area contributed by atoms with E-state index in [4.69, 9.17) is 9.47 Å². The number of amides is 1. The van der Waals surface area contributed by atoms with Gasteiger partial charge in [0.15, 0.2) is 0 Å². The van der Waals surface area contributed by atoms with Gasteiger partial charge in [0.1, 0.15) is 11.5 Å². The minimum absolute atomic E-state index is 0.268. The largest absolute Gasteiger partial charge is 0.497 e. The smallest absolute Gasteiger partial charge is 0.307 e. The van der Waals surface area contributed by atoms with Crippen LogP contribution in [0.1, 0.15) is 25.7 Å². The van der Waals surface area contributed by atoms with Crippen LogP contribution in [0.25, 0.3) is 0 Å². The fraction of sp³-hybridized carbons (Fsp3) is 0.500. The molecule has 1 fully saturated rings. The molecule has 0 aromatic heterocycles. The quantitative estimate of drug-likeness (QED) is 0.873. The number of hydrogen-bond acceptors (Lipinski definition) is 4. The van der Waals surface area contributed by atoms with Gasteiger partial charge in [-0.3, -0.25) is 9.59 Å². The number of anilines is 1. The molecule has 0 aliphatic heterocycles. The van der Waals surface area contributed by atoms with Gasteiger partial charge in [-0.15, -0.1) is 0 Å². The lowest BCUT2D eigenvalue weighted by molar-refractivity contribution is -0.147. The summed E-state index contributed by atoms with van der Waals surface area (Å²) < 4.78 is 10.4. The zero-order chi connectivity index (χ0) is 16.1. The van der Waals surface area contributed by atoms with Crippen molar-refractivity contribution < 1.29 is 24.2 Å². The maximum absolute atomic E-state index is 12.4. The van der Waals surface area contributed by atoms with Gasteiger partial charge in [-0.2, -0.15) is 0 Å². The molecule has 0 saturated heterocycles. The van der Waals surface area contributed by atoms with Crippen molar-refractivity contribution in [3.05, 3.63) is 18.2 Å². The SMILES string of the molecule is COc1ccc(NC(=O)[C@@H]2CCCC[C@H]2C(=O)O)c(OC)c1. The van der Waals surface area contributed by atoms with Gasteiger partial charge < -0.3 is 19.9 Å². The van der Waals surface area contributed by atoms with Crippen LogP contribution in [0, 0.1) is 11.8 Å². The van der Waals surface area contributed by atoms with E-state index in [1.54, 1.807) is 25.3 Å². The molecule has 2 rings (SSSR count). The second kappa shape index (κ2) is 7.15. The molecule has 2 atom stereocenters. The summed E-state index contributed by atoms with van der Waals surface area (Å²) in [6.45, 7) is 0. The standard InChI is InChI=1S/C16H21NO5/c1-21-10-7-8-13(14(9-10)22-2)17-15(18)11-5-3-4-6-12(11)16(19)20/h7-9,11-12H,3-6H2,1-2H3,(H,17,18)(H,19,20)/t11-,12-/m1/s1. The maximum atomic E-state index is 12.4. The Bertz CT molecular complexity index is 557. The number of hydrogen-bond donors (Lipinski definition) is 2. The summed E-state index contributed by atoms with van der Waals surface area (Å²) in [5.41, 5.74) is 0.517. The average molecular weight is 307 g/mol. The first-order valence-corrected chi connectivity index (χ1v) is 7.32. The number of carboxylic acids is 1. The number of nitrogens with one attached hydrogen (secondary N) is 1. The van der Waals surface area contributed by atoms with Crippen LogP contribution >= 0.6 is 0 Å². The monoisotopic (exact) mass is 307 g/mol. The van der Waals surface area contributed by atoms with E-state index in [2.05, 4.69) is 5.32 Å². The zero-order valence-corrected chi connectivity index (χ0v) is 12.8. The van der Waals surface area contributed by atoms with Gasteiger partial charge >= 0.3 is 5.97 Å². The molecule has 0 unspecified atom stereocenters. The number of carbonyl (C=O) groups excluding carboxylic acids is 1. The van der Waals surface area contributed by atoms with Gasteiger partial charge in [0.25, 0.3) is 0 Å². The summed E-state index contributed by atoms with van der Waals surface area (Å²) in [7, 11) is 3.05. The van der Waals surface area contributed by atoms with Crippen molar-refractivity contribution in [1.29, 1.82) is 0 Å². The Labute approximate surface area is 129 Å². The van der Waals surface area contributed by atoms with Crippen LogP contribution in [0.2, 0.25) is 0 Å². The van der Waals surface area contributed by atoms with Gasteiger partial charge in [-0.1, -0.05) is 12.8 Å². The van der Waals surface area contributed by atoms with E-state index in [1.165, 1.54) is 7.11 Å². The van der Waals surface area contributed by atoms with Crippen LogP contribution in [0.15, 0.2) is 18.2 Å². The van der Waals surface area contributed by atoms with Gasteiger partial charge in [0.05, 0.1) is 31.7 Å². The molecule has 0 spiro atoms. The summed E-state index contributed by atoms with van der Waals surface area (Å²) in [5.74, 6) is -1.18. The van der Waals surface area contributed by atoms with E-state index in [-0.39, 0.29) is 5.91 Å². The van der Waals surface area contributed by atoms with Crippen LogP contribution in [0.3, 0.4) is 0 Å². The molecular weight excluding hydrogens is 286 g/mol. The Morgan fingerprint density at radius 1 is 1.14 bits per heavy atom. The number of benzene rings is 1. The molecule has 22 heavy (non-hydrogen) atoms. The molecule has 1 aliphatic carbocycles. The predicted molar refractivity (Wildman–Crippen MR) is 81.3 cm³/mol. The Morgan fingerprint density at radius 2 is 1.82 bits per heavy atom. The van der Waals surface area contributed by atoms with Gasteiger partial charge in [-0.05, 0) is 25.0 Å². The van der Waals surface area contributed by atoms with Crippen molar-refractivity contribution in [1.82, 2.24) is 0 Å². The predicted octanol–water partition coefficient (Wildman–Crippen LogP) is 2.53. The molecule has 2 N–H and O–H groups in total. The van der Waals surface area contributed by atoms with E-state index < -0.39 is 17.8 Å². The summed E-state index contributed by atoms with van der Waals surface area (Å²) in [4.78, 5) is 23.8. The highest BCUT2D eigenvalue weighted by Gasteiger charge is 2.35. The van der Waals surface area contributed by atoms with Crippen LogP contribution < -0.4 is 14.8 Å². The second-order valence-corrected chi connectivity index (χ2v) is 5.39. The van der Waals surface area contributed by atoms with E-state index in [0.29, 0.717) is 30.0 Å². The summed E-state index contributed by atoms with van der Waals surface area (Å²) in [6, 6.07) is 5.08. The summed E-state index contributed by atoms with van der Waals surface area (Å²) in [5, 5.41) is 12.1. The minimum Gasteiger partial charge on any atom is -0.497 e. The van der Waals surface area contributed by atoms with Gasteiger partial charge in [-0.25, -0.2) is 0 Å². The lowest BCUT2D eigenvalue weighted by Crippen LogP contribution is -2.36. The fourth-order valence-electron chi connectivity index (χ4n) is 2.87. The van der Waals surface area contributed by atoms with E-state index in [9.17, 15) is 14.7 Å². The van der Waals surface area contributed by atoms with Crippen LogP contribution in [-0.4, -0.2) is 31.2 Å². The topological polar surface area (TPSA) is 84.9 Å². The lowest BCUT2D eigenvalue weighted by atomic mass is 9.78. The number of ether oxygens (including phenoxy) is 2. The van der Waals surface area contributed by atoms with E-state index in [1.807, 2.05) is 0 Å². The summed E-state index contributed by atoms with van der Waals surface area (Å²) in [6.07, 6.45) is 2.88. The maximum Gasteiger partial charge on any atom is 0.307 e. The zero-order valence-electron chi connectivity index (χ0n) is 12.8. The van der Waals surface area contributed by atoms with Crippen molar-refractivity contribution >= 4 is 17.6 Å². The van der Waals surface area contributed by atoms with Crippen molar-refractivity contribution in [3.8, 4) is 11.5 Å². The third kappa shape index (κ3) is 3.50. The molecule has 1 aromatic carbocycles. The molecule has 6 heteroatoms. The summed E-state index contributed by atoms with van der Waals surface area (Å²) >= 11 is 0. The number of aliphatic carboxylic acids is 1. The normalized spacial score (nSPS) is 21.0. The van der Waals surface area contributed by atoms with Crippen LogP contribution in [-0.2, 0) is 9.59 Å². The van der Waals surface area contributed by atoms with Gasteiger partial charge in [0.2, 0.25) is 5.91 Å². The van der Waals surface area contributed by atoms with Crippen molar-refractivity contribution in [2.24, 2.45) is 11.8 Å². The molecule has 0 heterocycles. The number of carboxylic acid groups (broad SMARTS) is 1. The highest BCUT2D eigenvalue weighted by Crippen LogP contribution is 2.33. The molecule has 1 aromatic rings. The highest BCUT2D eigenvalue weighted by atomic mass is 16.5. The fourth-order valence-corrected chi connectivity index (χ4v) is 2.87. The van der Waals surface area contributed by atoms with Crippen LogP contribution in [0.5, 0.6) is 11.5 Å². The third-order valence-corrected chi connectivity index (χ3v) is 4.09. The van der Waals surface area contributed by atoms with Crippen molar-refractivity contribution in [2.45, 2.75) is 25.7 Å². The first-order chi connectivity index (χ1) is 10.6. The molecular formula is C16H21NO5. The molecule has 1 saturated carbocycles. The molecule has 0 radical (unpaired) electrons. The molecule has 120 valence electrons. The Hall–Kier alpha value is -2.24. The average Bonchev–Trinajstić information content (AvgIpc) is 2.55. The first kappa shape index (κ1) is 16.1. The van der Waals surface area contributed by atoms with Crippen molar-refractivity contribution in [2.75, 3.05) is 19.5 Å². The van der Waals surface area contributed by atoms with Crippen LogP contribution in [0.4, 0.5) is 5.69 Å². The Kier molecular flexibility index (Phi) is 5.25. The molecule has 6 nitrogen and oxygen atoms in total. The minimum atomic E-state index is -0.901. The Balaban J connectivity index is 2.15. The lowest BCUT2D eigenvalue weighted by Gasteiger charge is -2.27. The third-order valence-electron chi connectivity index (χ3n) is 4.09. The second-order valence-electron chi connectivity index (χ2n) is 5.39. The first-order valence-electron chi connectivity index (χ1n) is 7.32. The molecule has 1 amide bonds. The van der Waals surface area contributed by atoms with E-state index >= 15 is 0 Å². The van der Waals surface area contributed by atoms with E-state index in [0.717, 1.165) is 12.8 Å². The number of carbonyl (C=O) groups is 2. The number of methoxy groups -OCH3 is 2. The Morgan fingerprint density at radius 3 is 2.41 bits per heavy atom.